The van der Waals surface area contributed by atoms with Crippen LogP contribution in [-0.4, -0.2) is 28.1 Å². The molecule has 0 bridgehead atoms. The Morgan fingerprint density at radius 3 is 2.61 bits per heavy atom. The molecule has 0 saturated carbocycles. The van der Waals surface area contributed by atoms with Crippen LogP contribution in [0.4, 0.5) is 0 Å². The Morgan fingerprint density at radius 2 is 1.74 bits per heavy atom. The van der Waals surface area contributed by atoms with E-state index in [2.05, 4.69) is 46.7 Å². The van der Waals surface area contributed by atoms with E-state index in [1.807, 2.05) is 36.4 Å². The van der Waals surface area contributed by atoms with Gasteiger partial charge in [0.25, 0.3) is 0 Å². The summed E-state index contributed by atoms with van der Waals surface area (Å²) >= 11 is 0. The van der Waals surface area contributed by atoms with Crippen molar-refractivity contribution in [2.75, 3.05) is 7.11 Å². The highest BCUT2D eigenvalue weighted by Gasteiger charge is 2.15. The molecule has 6 aromatic rings. The standard InChI is InChI=1S/C32H25N3O3/c1-38-29-17-20(13-15-28(29)36)14-16-30(37)33-19-22-18-26-24-10-4-5-12-27(24)35-32(26)31(34-22)25-11-6-8-21-7-2-3-9-23(21)25/h2-18,35-36H,19H2,1H3,(H,33,37)/b16-14+. The van der Waals surface area contributed by atoms with Crippen molar-refractivity contribution in [2.45, 2.75) is 6.54 Å². The van der Waals surface area contributed by atoms with E-state index in [0.717, 1.165) is 55.1 Å². The predicted octanol–water partition coefficient (Wildman–Crippen LogP) is 6.58. The number of H-pyrrole nitrogens is 1. The number of nitrogens with zero attached hydrogens (tertiary/aromatic N) is 1. The summed E-state index contributed by atoms with van der Waals surface area (Å²) in [5.74, 6) is 0.157. The topological polar surface area (TPSA) is 87.2 Å². The fraction of sp³-hybridized carbons (Fsp3) is 0.0625. The zero-order valence-corrected chi connectivity index (χ0v) is 20.7. The van der Waals surface area contributed by atoms with E-state index >= 15 is 0 Å². The van der Waals surface area contributed by atoms with E-state index in [9.17, 15) is 9.90 Å². The van der Waals surface area contributed by atoms with Crippen LogP contribution in [0.1, 0.15) is 11.3 Å². The number of ether oxygens (including phenoxy) is 1. The fourth-order valence-electron chi connectivity index (χ4n) is 4.82. The zero-order valence-electron chi connectivity index (χ0n) is 20.7. The number of aromatic amines is 1. The van der Waals surface area contributed by atoms with Crippen LogP contribution < -0.4 is 10.1 Å². The van der Waals surface area contributed by atoms with Crippen LogP contribution in [0.3, 0.4) is 0 Å². The molecule has 0 spiro atoms. The van der Waals surface area contributed by atoms with Gasteiger partial charge in [0.15, 0.2) is 11.5 Å². The van der Waals surface area contributed by atoms with Gasteiger partial charge in [0.05, 0.1) is 30.6 Å². The van der Waals surface area contributed by atoms with E-state index in [-0.39, 0.29) is 18.2 Å². The fourth-order valence-corrected chi connectivity index (χ4v) is 4.82. The van der Waals surface area contributed by atoms with Crippen LogP contribution in [0.2, 0.25) is 0 Å². The van der Waals surface area contributed by atoms with E-state index in [1.165, 1.54) is 19.3 Å². The normalized spacial score (nSPS) is 11.5. The number of phenolic OH excluding ortho intramolecular Hbond substituents is 1. The second-order valence-corrected chi connectivity index (χ2v) is 9.06. The number of carbonyl (C=O) groups is 1. The smallest absolute Gasteiger partial charge is 0.244 e. The van der Waals surface area contributed by atoms with Crippen molar-refractivity contribution in [1.82, 2.24) is 15.3 Å². The molecule has 0 atom stereocenters. The van der Waals surface area contributed by atoms with Crippen molar-refractivity contribution in [2.24, 2.45) is 0 Å². The maximum atomic E-state index is 12.7. The third kappa shape index (κ3) is 4.33. The second-order valence-electron chi connectivity index (χ2n) is 9.06. The highest BCUT2D eigenvalue weighted by molar-refractivity contribution is 6.13. The van der Waals surface area contributed by atoms with Crippen LogP contribution >= 0.6 is 0 Å². The van der Waals surface area contributed by atoms with Crippen LogP contribution in [-0.2, 0) is 11.3 Å². The predicted molar refractivity (Wildman–Crippen MR) is 152 cm³/mol. The average Bonchev–Trinajstić information content (AvgIpc) is 3.33. The summed E-state index contributed by atoms with van der Waals surface area (Å²) in [6, 6.07) is 29.7. The third-order valence-electron chi connectivity index (χ3n) is 6.67. The first kappa shape index (κ1) is 23.3. The molecule has 0 radical (unpaired) electrons. The first-order valence-corrected chi connectivity index (χ1v) is 12.3. The van der Waals surface area contributed by atoms with Gasteiger partial charge in [0.2, 0.25) is 5.91 Å². The van der Waals surface area contributed by atoms with Gasteiger partial charge in [-0.25, -0.2) is 4.98 Å². The summed E-state index contributed by atoms with van der Waals surface area (Å²) in [5.41, 5.74) is 5.41. The van der Waals surface area contributed by atoms with Crippen LogP contribution in [0.5, 0.6) is 11.5 Å². The van der Waals surface area contributed by atoms with Crippen molar-refractivity contribution in [3.8, 4) is 22.8 Å². The monoisotopic (exact) mass is 499 g/mol. The van der Waals surface area contributed by atoms with Crippen molar-refractivity contribution < 1.29 is 14.6 Å². The maximum Gasteiger partial charge on any atom is 0.244 e. The average molecular weight is 500 g/mol. The third-order valence-corrected chi connectivity index (χ3v) is 6.67. The molecule has 1 amide bonds. The molecule has 186 valence electrons. The van der Waals surface area contributed by atoms with E-state index < -0.39 is 0 Å². The summed E-state index contributed by atoms with van der Waals surface area (Å²) in [7, 11) is 1.49. The number of pyridine rings is 1. The van der Waals surface area contributed by atoms with Crippen LogP contribution in [0.15, 0.2) is 97.1 Å². The Morgan fingerprint density at radius 1 is 0.947 bits per heavy atom. The number of nitrogens with one attached hydrogen (secondary N) is 2. The number of benzene rings is 4. The molecule has 6 heteroatoms. The van der Waals surface area contributed by atoms with Crippen LogP contribution in [0, 0.1) is 0 Å². The Labute approximate surface area is 219 Å². The minimum atomic E-state index is -0.246. The number of phenols is 1. The first-order chi connectivity index (χ1) is 18.6. The maximum absolute atomic E-state index is 12.7. The lowest BCUT2D eigenvalue weighted by Crippen LogP contribution is -2.21. The van der Waals surface area contributed by atoms with E-state index in [4.69, 9.17) is 9.72 Å². The van der Waals surface area contributed by atoms with Crippen molar-refractivity contribution in [3.63, 3.8) is 0 Å². The number of hydrogen-bond donors (Lipinski definition) is 3. The molecular formula is C32H25N3O3. The van der Waals surface area contributed by atoms with Gasteiger partial charge in [0.1, 0.15) is 0 Å². The molecule has 6 nitrogen and oxygen atoms in total. The van der Waals surface area contributed by atoms with Gasteiger partial charge in [-0.2, -0.15) is 0 Å². The number of fused-ring (bicyclic) bond motifs is 4. The molecular weight excluding hydrogens is 474 g/mol. The molecule has 0 unspecified atom stereocenters. The lowest BCUT2D eigenvalue weighted by molar-refractivity contribution is -0.116. The highest BCUT2D eigenvalue weighted by atomic mass is 16.5. The molecule has 6 rings (SSSR count). The van der Waals surface area contributed by atoms with Crippen LogP contribution in [0.25, 0.3) is 49.9 Å². The van der Waals surface area contributed by atoms with Gasteiger partial charge in [-0.15, -0.1) is 0 Å². The Balaban J connectivity index is 1.36. The number of methoxy groups -OCH3 is 1. The van der Waals surface area contributed by atoms with E-state index in [1.54, 1.807) is 18.2 Å². The Hall–Kier alpha value is -5.10. The molecule has 38 heavy (non-hydrogen) atoms. The molecule has 3 N–H and O–H groups in total. The molecule has 0 fully saturated rings. The number of aromatic nitrogens is 2. The summed E-state index contributed by atoms with van der Waals surface area (Å²) in [6.45, 7) is 0.273. The molecule has 4 aromatic carbocycles. The number of hydrogen-bond acceptors (Lipinski definition) is 4. The molecule has 2 heterocycles. The second kappa shape index (κ2) is 9.75. The zero-order chi connectivity index (χ0) is 26.1. The number of amides is 1. The minimum absolute atomic E-state index is 0.0508. The Bertz CT molecular complexity index is 1850. The van der Waals surface area contributed by atoms with Gasteiger partial charge in [-0.05, 0) is 46.7 Å². The highest BCUT2D eigenvalue weighted by Crippen LogP contribution is 2.35. The summed E-state index contributed by atoms with van der Waals surface area (Å²) in [5, 5.41) is 17.2. The van der Waals surface area contributed by atoms with Gasteiger partial charge >= 0.3 is 0 Å². The number of aromatic hydroxyl groups is 1. The number of carbonyl (C=O) groups excluding carboxylic acids is 1. The lowest BCUT2D eigenvalue weighted by Gasteiger charge is -2.11. The largest absolute Gasteiger partial charge is 0.504 e. The molecule has 0 aliphatic carbocycles. The van der Waals surface area contributed by atoms with Gasteiger partial charge < -0.3 is 20.1 Å². The van der Waals surface area contributed by atoms with Gasteiger partial charge in [-0.1, -0.05) is 66.7 Å². The minimum Gasteiger partial charge on any atom is -0.504 e. The lowest BCUT2D eigenvalue weighted by atomic mass is 10.00. The molecule has 0 aliphatic rings. The van der Waals surface area contributed by atoms with Crippen molar-refractivity contribution in [3.05, 3.63) is 108 Å². The first-order valence-electron chi connectivity index (χ1n) is 12.3. The number of rotatable bonds is 6. The number of para-hydroxylation sites is 1. The summed E-state index contributed by atoms with van der Waals surface area (Å²) in [6.07, 6.45) is 3.14. The SMILES string of the molecule is COc1cc(/C=C/C(=O)NCc2cc3c([nH]c4ccccc43)c(-c3cccc4ccccc34)n2)ccc1O. The van der Waals surface area contributed by atoms with Crippen molar-refractivity contribution in [1.29, 1.82) is 0 Å². The van der Waals surface area contributed by atoms with Gasteiger partial charge in [0, 0.05) is 27.9 Å². The molecule has 0 saturated heterocycles. The summed E-state index contributed by atoms with van der Waals surface area (Å²) < 4.78 is 5.14. The molecule has 0 aliphatic heterocycles. The Kier molecular flexibility index (Phi) is 5.98. The van der Waals surface area contributed by atoms with E-state index in [0.29, 0.717) is 5.75 Å². The quantitative estimate of drug-likeness (QED) is 0.226. The molecule has 2 aromatic heterocycles. The summed E-state index contributed by atoms with van der Waals surface area (Å²) in [4.78, 5) is 21.2. The van der Waals surface area contributed by atoms with Gasteiger partial charge in [-0.3, -0.25) is 4.79 Å². The van der Waals surface area contributed by atoms with Crippen molar-refractivity contribution >= 4 is 44.6 Å².